The predicted octanol–water partition coefficient (Wildman–Crippen LogP) is 8.49. The van der Waals surface area contributed by atoms with Crippen molar-refractivity contribution in [2.75, 3.05) is 5.01 Å². The van der Waals surface area contributed by atoms with Gasteiger partial charge in [0.1, 0.15) is 0 Å². The maximum atomic E-state index is 5.12. The average molecular weight is 598 g/mol. The number of benzene rings is 4. The third kappa shape index (κ3) is 4.47. The van der Waals surface area contributed by atoms with E-state index in [1.54, 1.807) is 0 Å². The summed E-state index contributed by atoms with van der Waals surface area (Å²) in [6.45, 7) is 2.10. The zero-order valence-corrected chi connectivity index (χ0v) is 22.7. The number of hydrazone groups is 1. The third-order valence-electron chi connectivity index (χ3n) is 6.39. The normalized spacial score (nSPS) is 15.4. The molecule has 0 saturated carbocycles. The highest BCUT2D eigenvalue weighted by Crippen LogP contribution is 2.38. The van der Waals surface area contributed by atoms with Gasteiger partial charge in [0.2, 0.25) is 5.95 Å². The van der Waals surface area contributed by atoms with Gasteiger partial charge in [0.25, 0.3) is 0 Å². The van der Waals surface area contributed by atoms with Crippen LogP contribution in [-0.2, 0) is 0 Å². The van der Waals surface area contributed by atoms with Crippen LogP contribution in [0.2, 0.25) is 0 Å². The lowest BCUT2D eigenvalue weighted by Gasteiger charge is -2.23. The number of hydrogen-bond acceptors (Lipinski definition) is 4. The van der Waals surface area contributed by atoms with Crippen molar-refractivity contribution in [2.45, 2.75) is 19.4 Å². The highest BCUT2D eigenvalue weighted by Gasteiger charge is 2.32. The first-order chi connectivity index (χ1) is 17.5. The van der Waals surface area contributed by atoms with E-state index in [4.69, 9.17) is 15.1 Å². The fraction of sp³-hybridized carbons (Fsp3) is 0.100. The van der Waals surface area contributed by atoms with E-state index in [9.17, 15) is 0 Å². The summed E-state index contributed by atoms with van der Waals surface area (Å²) >= 11 is 7.25. The fourth-order valence-electron chi connectivity index (χ4n) is 4.66. The molecular formula is C30H22Br2N4. The van der Waals surface area contributed by atoms with Crippen molar-refractivity contribution >= 4 is 54.4 Å². The smallest absolute Gasteiger partial charge is 0.223 e. The molecule has 0 saturated heterocycles. The molecule has 5 aromatic rings. The van der Waals surface area contributed by atoms with Crippen LogP contribution >= 0.6 is 31.9 Å². The van der Waals surface area contributed by atoms with Gasteiger partial charge in [-0.3, -0.25) is 0 Å². The highest BCUT2D eigenvalue weighted by atomic mass is 79.9. The van der Waals surface area contributed by atoms with Gasteiger partial charge < -0.3 is 0 Å². The van der Waals surface area contributed by atoms with Crippen molar-refractivity contribution in [1.82, 2.24) is 9.97 Å². The Balaban J connectivity index is 1.55. The quantitative estimate of drug-likeness (QED) is 0.208. The molecule has 4 nitrogen and oxygen atoms in total. The minimum atomic E-state index is -0.0250. The second-order valence-corrected chi connectivity index (χ2v) is 10.8. The van der Waals surface area contributed by atoms with Crippen molar-refractivity contribution in [3.63, 3.8) is 0 Å². The Morgan fingerprint density at radius 2 is 1.50 bits per heavy atom. The van der Waals surface area contributed by atoms with Crippen LogP contribution < -0.4 is 5.01 Å². The number of halogens is 2. The van der Waals surface area contributed by atoms with Gasteiger partial charge in [-0.1, -0.05) is 98.1 Å². The lowest BCUT2D eigenvalue weighted by molar-refractivity contribution is 0.688. The van der Waals surface area contributed by atoms with Crippen LogP contribution in [0.1, 0.15) is 29.2 Å². The van der Waals surface area contributed by atoms with E-state index in [-0.39, 0.29) is 6.04 Å². The maximum absolute atomic E-state index is 5.12. The number of aromatic nitrogens is 2. The molecule has 1 aliphatic rings. The minimum Gasteiger partial charge on any atom is -0.223 e. The molecule has 1 aliphatic heterocycles. The monoisotopic (exact) mass is 596 g/mol. The molecule has 0 amide bonds. The Labute approximate surface area is 227 Å². The molecule has 0 spiro atoms. The minimum absolute atomic E-state index is 0.0250. The van der Waals surface area contributed by atoms with E-state index >= 15 is 0 Å². The van der Waals surface area contributed by atoms with Crippen LogP contribution in [0.3, 0.4) is 0 Å². The predicted molar refractivity (Wildman–Crippen MR) is 154 cm³/mol. The molecule has 1 aromatic heterocycles. The standard InChI is InChI=1S/C30H22Br2N4/c1-19-13-14-26-25(15-19)29(20-7-3-2-4-8-20)34-30(33-26)36-28(22-10-6-12-24(32)17-22)18-27(35-36)21-9-5-11-23(31)16-21/h2-17,28H,18H2,1H3/t28-/m0/s1. The molecule has 6 rings (SSSR count). The summed E-state index contributed by atoms with van der Waals surface area (Å²) in [6.07, 6.45) is 0.753. The number of hydrogen-bond donors (Lipinski definition) is 0. The first-order valence-corrected chi connectivity index (χ1v) is 13.4. The summed E-state index contributed by atoms with van der Waals surface area (Å²) in [4.78, 5) is 10.1. The molecule has 4 aromatic carbocycles. The Morgan fingerprint density at radius 1 is 0.750 bits per heavy atom. The first-order valence-electron chi connectivity index (χ1n) is 11.8. The van der Waals surface area contributed by atoms with E-state index in [1.807, 2.05) is 41.4 Å². The number of aryl methyl sites for hydroxylation is 1. The Kier molecular flexibility index (Phi) is 6.15. The molecule has 0 fully saturated rings. The van der Waals surface area contributed by atoms with Crippen LogP contribution in [-0.4, -0.2) is 15.7 Å². The summed E-state index contributed by atoms with van der Waals surface area (Å²) in [6, 6.07) is 33.3. The molecule has 6 heteroatoms. The number of fused-ring (bicyclic) bond motifs is 1. The molecule has 0 radical (unpaired) electrons. The SMILES string of the molecule is Cc1ccc2nc(N3N=C(c4cccc(Br)c4)C[C@H]3c3cccc(Br)c3)nc(-c3ccccc3)c2c1. The second kappa shape index (κ2) is 9.60. The van der Waals surface area contributed by atoms with Gasteiger partial charge >= 0.3 is 0 Å². The van der Waals surface area contributed by atoms with Gasteiger partial charge in [-0.25, -0.2) is 15.0 Å². The lowest BCUT2D eigenvalue weighted by Crippen LogP contribution is -2.21. The van der Waals surface area contributed by atoms with Crippen LogP contribution in [0.4, 0.5) is 5.95 Å². The molecule has 0 unspecified atom stereocenters. The van der Waals surface area contributed by atoms with Gasteiger partial charge in [-0.05, 0) is 54.4 Å². The van der Waals surface area contributed by atoms with Crippen LogP contribution in [0.15, 0.2) is 111 Å². The zero-order chi connectivity index (χ0) is 24.6. The van der Waals surface area contributed by atoms with Crippen molar-refractivity contribution in [3.05, 3.63) is 123 Å². The molecule has 1 atom stereocenters. The van der Waals surface area contributed by atoms with E-state index in [0.717, 1.165) is 54.4 Å². The van der Waals surface area contributed by atoms with Gasteiger partial charge in [0.05, 0.1) is 23.0 Å². The van der Waals surface area contributed by atoms with Crippen LogP contribution in [0.25, 0.3) is 22.2 Å². The molecule has 0 bridgehead atoms. The van der Waals surface area contributed by atoms with Crippen LogP contribution in [0, 0.1) is 6.92 Å². The van der Waals surface area contributed by atoms with Crippen LogP contribution in [0.5, 0.6) is 0 Å². The number of anilines is 1. The molecule has 36 heavy (non-hydrogen) atoms. The zero-order valence-electron chi connectivity index (χ0n) is 19.6. The van der Waals surface area contributed by atoms with Crippen molar-refractivity contribution in [3.8, 4) is 11.3 Å². The summed E-state index contributed by atoms with van der Waals surface area (Å²) in [5.74, 6) is 0.597. The molecule has 0 N–H and O–H groups in total. The summed E-state index contributed by atoms with van der Waals surface area (Å²) in [7, 11) is 0. The first kappa shape index (κ1) is 23.1. The third-order valence-corrected chi connectivity index (χ3v) is 7.38. The average Bonchev–Trinajstić information content (AvgIpc) is 3.34. The highest BCUT2D eigenvalue weighted by molar-refractivity contribution is 9.10. The van der Waals surface area contributed by atoms with E-state index < -0.39 is 0 Å². The number of nitrogens with zero attached hydrogens (tertiary/aromatic N) is 4. The molecule has 0 aliphatic carbocycles. The van der Waals surface area contributed by atoms with Crippen molar-refractivity contribution < 1.29 is 0 Å². The summed E-state index contributed by atoms with van der Waals surface area (Å²) in [5, 5.41) is 8.14. The molecule has 176 valence electrons. The topological polar surface area (TPSA) is 41.4 Å². The van der Waals surface area contributed by atoms with Gasteiger partial charge in [0.15, 0.2) is 0 Å². The Hall–Kier alpha value is -3.35. The Morgan fingerprint density at radius 3 is 2.28 bits per heavy atom. The largest absolute Gasteiger partial charge is 0.247 e. The van der Waals surface area contributed by atoms with E-state index in [1.165, 1.54) is 5.56 Å². The summed E-state index contributed by atoms with van der Waals surface area (Å²) in [5.41, 5.74) is 7.32. The van der Waals surface area contributed by atoms with Crippen molar-refractivity contribution in [2.24, 2.45) is 5.10 Å². The lowest BCUT2D eigenvalue weighted by atomic mass is 9.98. The maximum Gasteiger partial charge on any atom is 0.247 e. The van der Waals surface area contributed by atoms with Crippen molar-refractivity contribution in [1.29, 1.82) is 0 Å². The fourth-order valence-corrected chi connectivity index (χ4v) is 5.48. The number of rotatable bonds is 4. The molecular weight excluding hydrogens is 576 g/mol. The van der Waals surface area contributed by atoms with Gasteiger partial charge in [-0.2, -0.15) is 5.10 Å². The Bertz CT molecular complexity index is 1610. The van der Waals surface area contributed by atoms with Gasteiger partial charge in [0, 0.05) is 26.3 Å². The van der Waals surface area contributed by atoms with E-state index in [0.29, 0.717) is 5.95 Å². The van der Waals surface area contributed by atoms with Gasteiger partial charge in [-0.15, -0.1) is 0 Å². The second-order valence-electron chi connectivity index (χ2n) is 8.94. The summed E-state index contributed by atoms with van der Waals surface area (Å²) < 4.78 is 2.07. The molecule has 2 heterocycles. The van der Waals surface area contributed by atoms with E-state index in [2.05, 4.69) is 99.4 Å².